The third-order valence-electron chi connectivity index (χ3n) is 2.69. The van der Waals surface area contributed by atoms with Crippen LogP contribution in [-0.2, 0) is 0 Å². The van der Waals surface area contributed by atoms with Crippen molar-refractivity contribution in [2.24, 2.45) is 0 Å². The van der Waals surface area contributed by atoms with Crippen LogP contribution >= 0.6 is 0 Å². The molecular formula is C12H8FN5O2. The third-order valence-corrected chi connectivity index (χ3v) is 2.69. The summed E-state index contributed by atoms with van der Waals surface area (Å²) >= 11 is 0. The van der Waals surface area contributed by atoms with E-state index in [1.54, 1.807) is 0 Å². The molecule has 3 N–H and O–H groups in total. The topological polar surface area (TPSA) is 108 Å². The first-order valence-electron chi connectivity index (χ1n) is 5.60. The Hall–Kier alpha value is -3.03. The highest BCUT2D eigenvalue weighted by Crippen LogP contribution is 2.24. The number of hydrogen-bond donors (Lipinski definition) is 3. The zero-order chi connectivity index (χ0) is 14.1. The molecule has 0 fully saturated rings. The molecule has 2 heterocycles. The minimum absolute atomic E-state index is 0.0303. The SMILES string of the molecule is O=c1[nH]c(-c2cn[nH]n2)nc(O)c1-c1ccc(F)cc1. The van der Waals surface area contributed by atoms with Crippen LogP contribution in [0, 0.1) is 5.82 Å². The van der Waals surface area contributed by atoms with Crippen molar-refractivity contribution >= 4 is 0 Å². The quantitative estimate of drug-likeness (QED) is 0.647. The number of aromatic amines is 2. The molecule has 0 atom stereocenters. The largest absolute Gasteiger partial charge is 0.493 e. The second kappa shape index (κ2) is 4.57. The van der Waals surface area contributed by atoms with Gasteiger partial charge in [-0.3, -0.25) is 4.79 Å². The predicted molar refractivity (Wildman–Crippen MR) is 67.3 cm³/mol. The standard InChI is InChI=1S/C12H8FN5O2/c13-7-3-1-6(2-4-7)9-11(19)15-10(16-12(9)20)8-5-14-18-17-8/h1-5H,(H,14,17,18)(H2,15,16,19,20). The van der Waals surface area contributed by atoms with Crippen molar-refractivity contribution in [3.05, 3.63) is 46.6 Å². The highest BCUT2D eigenvalue weighted by Gasteiger charge is 2.15. The van der Waals surface area contributed by atoms with E-state index in [1.165, 1.54) is 30.5 Å². The van der Waals surface area contributed by atoms with Crippen molar-refractivity contribution in [2.45, 2.75) is 0 Å². The van der Waals surface area contributed by atoms with Gasteiger partial charge in [0.25, 0.3) is 5.56 Å². The third kappa shape index (κ3) is 2.03. The fourth-order valence-corrected chi connectivity index (χ4v) is 1.78. The number of aromatic nitrogens is 5. The highest BCUT2D eigenvalue weighted by atomic mass is 19.1. The molecule has 0 saturated heterocycles. The number of hydrogen-bond acceptors (Lipinski definition) is 5. The molecule has 0 aliphatic carbocycles. The lowest BCUT2D eigenvalue weighted by Gasteiger charge is -2.04. The summed E-state index contributed by atoms with van der Waals surface area (Å²) in [6, 6.07) is 5.16. The zero-order valence-electron chi connectivity index (χ0n) is 9.96. The normalized spacial score (nSPS) is 10.7. The van der Waals surface area contributed by atoms with Crippen molar-refractivity contribution in [1.29, 1.82) is 0 Å². The highest BCUT2D eigenvalue weighted by molar-refractivity contribution is 5.68. The molecule has 20 heavy (non-hydrogen) atoms. The average Bonchev–Trinajstić information content (AvgIpc) is 2.94. The van der Waals surface area contributed by atoms with Crippen LogP contribution in [0.2, 0.25) is 0 Å². The Kier molecular flexibility index (Phi) is 2.75. The molecular weight excluding hydrogens is 265 g/mol. The van der Waals surface area contributed by atoms with Crippen LogP contribution in [0.15, 0.2) is 35.3 Å². The van der Waals surface area contributed by atoms with Crippen molar-refractivity contribution in [1.82, 2.24) is 25.4 Å². The molecule has 3 aromatic rings. The summed E-state index contributed by atoms with van der Waals surface area (Å²) in [5, 5.41) is 19.6. The van der Waals surface area contributed by atoms with Gasteiger partial charge in [0.2, 0.25) is 5.88 Å². The summed E-state index contributed by atoms with van der Waals surface area (Å²) in [6.45, 7) is 0. The maximum absolute atomic E-state index is 12.9. The molecule has 100 valence electrons. The van der Waals surface area contributed by atoms with Crippen LogP contribution in [-0.4, -0.2) is 30.5 Å². The lowest BCUT2D eigenvalue weighted by molar-refractivity contribution is 0.454. The molecule has 0 bridgehead atoms. The summed E-state index contributed by atoms with van der Waals surface area (Å²) in [5.41, 5.74) is 0.0757. The number of halogens is 1. The lowest BCUT2D eigenvalue weighted by atomic mass is 10.1. The first-order valence-corrected chi connectivity index (χ1v) is 5.60. The maximum atomic E-state index is 12.9. The van der Waals surface area contributed by atoms with E-state index in [2.05, 4.69) is 25.4 Å². The van der Waals surface area contributed by atoms with E-state index < -0.39 is 17.3 Å². The Labute approximate surface area is 111 Å². The Balaban J connectivity index is 2.14. The minimum atomic E-state index is -0.554. The van der Waals surface area contributed by atoms with E-state index in [0.29, 0.717) is 11.3 Å². The van der Waals surface area contributed by atoms with Crippen LogP contribution in [0.25, 0.3) is 22.6 Å². The number of benzene rings is 1. The fraction of sp³-hybridized carbons (Fsp3) is 0. The van der Waals surface area contributed by atoms with Gasteiger partial charge >= 0.3 is 0 Å². The van der Waals surface area contributed by atoms with E-state index in [1.807, 2.05) is 0 Å². The van der Waals surface area contributed by atoms with Gasteiger partial charge in [-0.1, -0.05) is 12.1 Å². The Bertz CT molecular complexity index is 796. The van der Waals surface area contributed by atoms with Gasteiger partial charge in [-0.25, -0.2) is 4.39 Å². The molecule has 0 spiro atoms. The molecule has 0 amide bonds. The molecule has 0 unspecified atom stereocenters. The fourth-order valence-electron chi connectivity index (χ4n) is 1.78. The number of rotatable bonds is 2. The van der Waals surface area contributed by atoms with Crippen LogP contribution < -0.4 is 5.56 Å². The molecule has 7 nitrogen and oxygen atoms in total. The van der Waals surface area contributed by atoms with Gasteiger partial charge in [0.15, 0.2) is 5.82 Å². The summed E-state index contributed by atoms with van der Waals surface area (Å²) in [4.78, 5) is 18.4. The van der Waals surface area contributed by atoms with E-state index in [9.17, 15) is 14.3 Å². The number of nitrogens with zero attached hydrogens (tertiary/aromatic N) is 3. The number of H-pyrrole nitrogens is 2. The molecule has 0 saturated carbocycles. The van der Waals surface area contributed by atoms with Crippen molar-refractivity contribution in [3.63, 3.8) is 0 Å². The van der Waals surface area contributed by atoms with E-state index in [-0.39, 0.29) is 11.4 Å². The number of aromatic hydroxyl groups is 1. The first-order chi connectivity index (χ1) is 9.65. The van der Waals surface area contributed by atoms with Crippen LogP contribution in [0.5, 0.6) is 5.88 Å². The lowest BCUT2D eigenvalue weighted by Crippen LogP contribution is -2.12. The molecule has 2 aromatic heterocycles. The van der Waals surface area contributed by atoms with Gasteiger partial charge in [-0.2, -0.15) is 20.4 Å². The van der Waals surface area contributed by atoms with Gasteiger partial charge in [0, 0.05) is 0 Å². The average molecular weight is 273 g/mol. The van der Waals surface area contributed by atoms with Crippen molar-refractivity contribution < 1.29 is 9.50 Å². The molecule has 0 aliphatic rings. The van der Waals surface area contributed by atoms with Gasteiger partial charge < -0.3 is 10.1 Å². The summed E-state index contributed by atoms with van der Waals surface area (Å²) < 4.78 is 12.9. The zero-order valence-corrected chi connectivity index (χ0v) is 9.96. The smallest absolute Gasteiger partial charge is 0.262 e. The Morgan fingerprint density at radius 2 is 1.95 bits per heavy atom. The van der Waals surface area contributed by atoms with Crippen LogP contribution in [0.3, 0.4) is 0 Å². The van der Waals surface area contributed by atoms with Gasteiger partial charge in [0.05, 0.1) is 6.20 Å². The van der Waals surface area contributed by atoms with Gasteiger partial charge in [0.1, 0.15) is 17.1 Å². The van der Waals surface area contributed by atoms with E-state index >= 15 is 0 Å². The Morgan fingerprint density at radius 1 is 1.20 bits per heavy atom. The van der Waals surface area contributed by atoms with Gasteiger partial charge in [-0.05, 0) is 17.7 Å². The Morgan fingerprint density at radius 3 is 2.55 bits per heavy atom. The minimum Gasteiger partial charge on any atom is -0.493 e. The van der Waals surface area contributed by atoms with E-state index in [0.717, 1.165) is 0 Å². The summed E-state index contributed by atoms with van der Waals surface area (Å²) in [6.07, 6.45) is 1.36. The first kappa shape index (κ1) is 12.0. The second-order valence-electron chi connectivity index (χ2n) is 3.98. The molecule has 0 aliphatic heterocycles. The molecule has 1 aromatic carbocycles. The molecule has 0 radical (unpaired) electrons. The summed E-state index contributed by atoms with van der Waals surface area (Å²) in [5.74, 6) is -0.803. The van der Waals surface area contributed by atoms with Gasteiger partial charge in [-0.15, -0.1) is 0 Å². The summed E-state index contributed by atoms with van der Waals surface area (Å²) in [7, 11) is 0. The van der Waals surface area contributed by atoms with Crippen molar-refractivity contribution in [2.75, 3.05) is 0 Å². The van der Waals surface area contributed by atoms with Crippen LogP contribution in [0.4, 0.5) is 4.39 Å². The molecule has 8 heteroatoms. The van der Waals surface area contributed by atoms with Crippen molar-refractivity contribution in [3.8, 4) is 28.5 Å². The number of nitrogens with one attached hydrogen (secondary N) is 2. The van der Waals surface area contributed by atoms with Crippen LogP contribution in [0.1, 0.15) is 0 Å². The maximum Gasteiger partial charge on any atom is 0.262 e. The predicted octanol–water partition coefficient (Wildman–Crippen LogP) is 1.07. The molecule has 3 rings (SSSR count). The monoisotopic (exact) mass is 273 g/mol. The second-order valence-corrected chi connectivity index (χ2v) is 3.98. The van der Waals surface area contributed by atoms with E-state index in [4.69, 9.17) is 0 Å².